The zero-order chi connectivity index (χ0) is 12.8. The maximum Gasteiger partial charge on any atom is 0.142 e. The Morgan fingerprint density at radius 1 is 1.17 bits per heavy atom. The fraction of sp³-hybridized carbons (Fsp3) is 0.214. The van der Waals surface area contributed by atoms with E-state index < -0.39 is 0 Å². The van der Waals surface area contributed by atoms with Crippen molar-refractivity contribution >= 4 is 11.6 Å². The van der Waals surface area contributed by atoms with Crippen molar-refractivity contribution in [3.05, 3.63) is 59.4 Å². The molecule has 1 heterocycles. The molecule has 18 heavy (non-hydrogen) atoms. The molecule has 2 aromatic rings. The molecule has 0 spiro atoms. The Balaban J connectivity index is 2.14. The summed E-state index contributed by atoms with van der Waals surface area (Å²) in [6.45, 7) is 0.374. The number of alkyl halides is 1. The summed E-state index contributed by atoms with van der Waals surface area (Å²) in [4.78, 5) is 4.03. The molecule has 4 heteroatoms. The van der Waals surface area contributed by atoms with Crippen molar-refractivity contribution in [1.29, 1.82) is 0 Å². The molecule has 1 aromatic carbocycles. The molecule has 0 aliphatic heterocycles. The van der Waals surface area contributed by atoms with E-state index in [-0.39, 0.29) is 6.61 Å². The summed E-state index contributed by atoms with van der Waals surface area (Å²) < 4.78 is 5.70. The number of ether oxygens (including phenoxy) is 1. The van der Waals surface area contributed by atoms with Crippen LogP contribution in [0.2, 0.25) is 0 Å². The molecule has 0 saturated heterocycles. The van der Waals surface area contributed by atoms with Gasteiger partial charge in [0.2, 0.25) is 0 Å². The van der Waals surface area contributed by atoms with E-state index in [4.69, 9.17) is 16.3 Å². The van der Waals surface area contributed by atoms with Crippen molar-refractivity contribution < 1.29 is 9.84 Å². The van der Waals surface area contributed by atoms with Crippen LogP contribution < -0.4 is 4.74 Å². The summed E-state index contributed by atoms with van der Waals surface area (Å²) in [7, 11) is 0. The summed E-state index contributed by atoms with van der Waals surface area (Å²) in [5, 5.41) is 9.21. The highest BCUT2D eigenvalue weighted by molar-refractivity contribution is 6.17. The van der Waals surface area contributed by atoms with Gasteiger partial charge in [0.25, 0.3) is 0 Å². The molecule has 0 aliphatic rings. The highest BCUT2D eigenvalue weighted by Crippen LogP contribution is 2.24. The minimum atomic E-state index is -0.0857. The van der Waals surface area contributed by atoms with Gasteiger partial charge in [-0.3, -0.25) is 4.98 Å². The molecule has 1 N–H and O–H groups in total. The van der Waals surface area contributed by atoms with E-state index in [2.05, 4.69) is 4.98 Å². The number of nitrogens with zero attached hydrogens (tertiary/aromatic N) is 1. The Kier molecular flexibility index (Phi) is 4.56. The molecule has 0 radical (unpaired) electrons. The molecule has 0 fully saturated rings. The van der Waals surface area contributed by atoms with Crippen molar-refractivity contribution in [2.24, 2.45) is 0 Å². The Morgan fingerprint density at radius 3 is 2.61 bits per heavy atom. The van der Waals surface area contributed by atoms with Gasteiger partial charge in [-0.2, -0.15) is 0 Å². The smallest absolute Gasteiger partial charge is 0.142 e. The third kappa shape index (κ3) is 3.00. The van der Waals surface area contributed by atoms with E-state index in [1.807, 2.05) is 30.3 Å². The molecule has 1 aromatic heterocycles. The molecule has 0 aliphatic carbocycles. The largest absolute Gasteiger partial charge is 0.487 e. The summed E-state index contributed by atoms with van der Waals surface area (Å²) >= 11 is 5.88. The minimum Gasteiger partial charge on any atom is -0.487 e. The van der Waals surface area contributed by atoms with E-state index in [9.17, 15) is 5.11 Å². The lowest BCUT2D eigenvalue weighted by atomic mass is 10.1. The molecule has 94 valence electrons. The van der Waals surface area contributed by atoms with Crippen LogP contribution in [-0.4, -0.2) is 10.1 Å². The first-order valence-corrected chi connectivity index (χ1v) is 6.18. The van der Waals surface area contributed by atoms with Gasteiger partial charge in [0.15, 0.2) is 0 Å². The lowest BCUT2D eigenvalue weighted by molar-refractivity contribution is 0.275. The molecule has 0 saturated carbocycles. The first-order valence-electron chi connectivity index (χ1n) is 5.64. The van der Waals surface area contributed by atoms with Gasteiger partial charge in [0, 0.05) is 17.3 Å². The van der Waals surface area contributed by atoms with Crippen molar-refractivity contribution in [2.45, 2.75) is 19.1 Å². The lowest BCUT2D eigenvalue weighted by Gasteiger charge is -2.12. The second kappa shape index (κ2) is 6.38. The van der Waals surface area contributed by atoms with Crippen molar-refractivity contribution in [3.63, 3.8) is 0 Å². The third-order valence-electron chi connectivity index (χ3n) is 2.65. The molecule has 0 atom stereocenters. The predicted molar refractivity (Wildman–Crippen MR) is 70.5 cm³/mol. The Hall–Kier alpha value is -1.58. The van der Waals surface area contributed by atoms with Gasteiger partial charge < -0.3 is 9.84 Å². The summed E-state index contributed by atoms with van der Waals surface area (Å²) in [6.07, 6.45) is 3.23. The zero-order valence-corrected chi connectivity index (χ0v) is 10.6. The molecule has 0 unspecified atom stereocenters. The van der Waals surface area contributed by atoms with Crippen molar-refractivity contribution in [3.8, 4) is 5.75 Å². The molecule has 0 bridgehead atoms. The Bertz CT molecular complexity index is 502. The first kappa shape index (κ1) is 12.9. The van der Waals surface area contributed by atoms with E-state index in [0.717, 1.165) is 11.1 Å². The van der Waals surface area contributed by atoms with Gasteiger partial charge in [0.05, 0.1) is 18.7 Å². The number of aliphatic hydroxyl groups is 1. The molecular weight excluding hydrogens is 250 g/mol. The quantitative estimate of drug-likeness (QED) is 0.844. The zero-order valence-electron chi connectivity index (χ0n) is 9.84. The van der Waals surface area contributed by atoms with E-state index >= 15 is 0 Å². The van der Waals surface area contributed by atoms with Crippen LogP contribution in [0.25, 0.3) is 0 Å². The molecule has 0 amide bonds. The van der Waals surface area contributed by atoms with Crippen LogP contribution in [0.4, 0.5) is 0 Å². The molecular formula is C14H14ClNO2. The number of aliphatic hydroxyl groups excluding tert-OH is 1. The van der Waals surface area contributed by atoms with E-state index in [1.165, 1.54) is 0 Å². The summed E-state index contributed by atoms with van der Waals surface area (Å²) in [5.41, 5.74) is 2.58. The SMILES string of the molecule is OCc1cncc(OCc2ccccc2)c1CCl. The topological polar surface area (TPSA) is 42.4 Å². The number of benzene rings is 1. The van der Waals surface area contributed by atoms with E-state index in [1.54, 1.807) is 12.4 Å². The van der Waals surface area contributed by atoms with Crippen LogP contribution in [0.1, 0.15) is 16.7 Å². The Labute approximate surface area is 111 Å². The van der Waals surface area contributed by atoms with Crippen LogP contribution in [-0.2, 0) is 19.1 Å². The first-order chi connectivity index (χ1) is 8.85. The summed E-state index contributed by atoms with van der Waals surface area (Å²) in [6, 6.07) is 9.86. The molecule has 3 nitrogen and oxygen atoms in total. The Morgan fingerprint density at radius 2 is 1.94 bits per heavy atom. The lowest BCUT2D eigenvalue weighted by Crippen LogP contribution is -2.01. The van der Waals surface area contributed by atoms with E-state index in [0.29, 0.717) is 23.8 Å². The average Bonchev–Trinajstić information content (AvgIpc) is 2.45. The average molecular weight is 264 g/mol. The minimum absolute atomic E-state index is 0.0857. The number of rotatable bonds is 5. The van der Waals surface area contributed by atoms with Crippen LogP contribution in [0.15, 0.2) is 42.7 Å². The van der Waals surface area contributed by atoms with Crippen LogP contribution >= 0.6 is 11.6 Å². The van der Waals surface area contributed by atoms with Crippen LogP contribution in [0, 0.1) is 0 Å². The maximum atomic E-state index is 9.21. The van der Waals surface area contributed by atoms with Gasteiger partial charge in [0.1, 0.15) is 12.4 Å². The second-order valence-electron chi connectivity index (χ2n) is 3.84. The second-order valence-corrected chi connectivity index (χ2v) is 4.11. The highest BCUT2D eigenvalue weighted by Gasteiger charge is 2.08. The van der Waals surface area contributed by atoms with Gasteiger partial charge in [-0.15, -0.1) is 11.6 Å². The fourth-order valence-electron chi connectivity index (χ4n) is 1.66. The van der Waals surface area contributed by atoms with Gasteiger partial charge >= 0.3 is 0 Å². The third-order valence-corrected chi connectivity index (χ3v) is 2.92. The van der Waals surface area contributed by atoms with Gasteiger partial charge in [-0.25, -0.2) is 0 Å². The molecule has 2 rings (SSSR count). The normalized spacial score (nSPS) is 10.3. The van der Waals surface area contributed by atoms with Gasteiger partial charge in [-0.1, -0.05) is 30.3 Å². The van der Waals surface area contributed by atoms with Crippen LogP contribution in [0.3, 0.4) is 0 Å². The van der Waals surface area contributed by atoms with Crippen LogP contribution in [0.5, 0.6) is 5.75 Å². The summed E-state index contributed by atoms with van der Waals surface area (Å²) in [5.74, 6) is 0.920. The number of halogens is 1. The number of aromatic nitrogens is 1. The number of hydrogen-bond donors (Lipinski definition) is 1. The maximum absolute atomic E-state index is 9.21. The fourth-order valence-corrected chi connectivity index (χ4v) is 1.96. The monoisotopic (exact) mass is 263 g/mol. The standard InChI is InChI=1S/C14H14ClNO2/c15-6-13-12(9-17)7-16-8-14(13)18-10-11-4-2-1-3-5-11/h1-5,7-8,17H,6,9-10H2. The highest BCUT2D eigenvalue weighted by atomic mass is 35.5. The number of pyridine rings is 1. The number of hydrogen-bond acceptors (Lipinski definition) is 3. The predicted octanol–water partition coefficient (Wildman–Crippen LogP) is 2.89. The van der Waals surface area contributed by atoms with Crippen molar-refractivity contribution in [1.82, 2.24) is 4.98 Å². The van der Waals surface area contributed by atoms with Gasteiger partial charge in [-0.05, 0) is 5.56 Å². The van der Waals surface area contributed by atoms with Crippen molar-refractivity contribution in [2.75, 3.05) is 0 Å².